The first-order chi connectivity index (χ1) is 12.9. The van der Waals surface area contributed by atoms with Gasteiger partial charge in [-0.05, 0) is 29.8 Å². The molecule has 0 aromatic heterocycles. The Morgan fingerprint density at radius 1 is 0.926 bits per heavy atom. The van der Waals surface area contributed by atoms with Crippen molar-refractivity contribution in [3.8, 4) is 11.5 Å². The summed E-state index contributed by atoms with van der Waals surface area (Å²) in [5.41, 5.74) is 1.10. The van der Waals surface area contributed by atoms with Crippen LogP contribution < -0.4 is 9.47 Å². The zero-order chi connectivity index (χ0) is 19.0. The summed E-state index contributed by atoms with van der Waals surface area (Å²) in [4.78, 5) is 2.19. The average molecular weight is 429 g/mol. The largest absolute Gasteiger partial charge is 0.454 e. The number of piperazine rings is 1. The predicted molar refractivity (Wildman–Crippen MR) is 103 cm³/mol. The Bertz CT molecular complexity index is 940. The summed E-state index contributed by atoms with van der Waals surface area (Å²) < 4.78 is 38.0. The molecule has 9 heteroatoms. The molecule has 6 nitrogen and oxygen atoms in total. The van der Waals surface area contributed by atoms with E-state index in [1.807, 2.05) is 18.2 Å². The van der Waals surface area contributed by atoms with Crippen molar-refractivity contribution < 1.29 is 17.9 Å². The smallest absolute Gasteiger partial charge is 0.246 e. The molecular weight excluding hydrogens is 411 g/mol. The molecule has 4 rings (SSSR count). The van der Waals surface area contributed by atoms with Crippen LogP contribution in [0.15, 0.2) is 41.3 Å². The van der Waals surface area contributed by atoms with Crippen molar-refractivity contribution in [2.24, 2.45) is 0 Å². The van der Waals surface area contributed by atoms with Crippen LogP contribution in [-0.4, -0.2) is 50.6 Å². The van der Waals surface area contributed by atoms with E-state index < -0.39 is 10.0 Å². The number of halogens is 2. The third-order valence-electron chi connectivity index (χ3n) is 4.69. The maximum absolute atomic E-state index is 12.9. The first-order valence-electron chi connectivity index (χ1n) is 8.50. The van der Waals surface area contributed by atoms with Crippen LogP contribution in [0.4, 0.5) is 0 Å². The van der Waals surface area contributed by atoms with Crippen molar-refractivity contribution in [1.29, 1.82) is 0 Å². The molecule has 0 amide bonds. The Balaban J connectivity index is 1.43. The van der Waals surface area contributed by atoms with E-state index in [-0.39, 0.29) is 21.7 Å². The summed E-state index contributed by atoms with van der Waals surface area (Å²) in [5.74, 6) is 1.51. The minimum atomic E-state index is -3.72. The fraction of sp³-hybridized carbons (Fsp3) is 0.333. The van der Waals surface area contributed by atoms with E-state index in [1.54, 1.807) is 6.07 Å². The van der Waals surface area contributed by atoms with E-state index in [4.69, 9.17) is 32.7 Å². The molecule has 0 aliphatic carbocycles. The monoisotopic (exact) mass is 428 g/mol. The Morgan fingerprint density at radius 3 is 2.30 bits per heavy atom. The Hall–Kier alpha value is -1.51. The lowest BCUT2D eigenvalue weighted by Crippen LogP contribution is -2.48. The highest BCUT2D eigenvalue weighted by atomic mass is 35.5. The number of nitrogens with zero attached hydrogens (tertiary/aromatic N) is 2. The number of rotatable bonds is 4. The second kappa shape index (κ2) is 7.48. The van der Waals surface area contributed by atoms with Crippen LogP contribution in [0.5, 0.6) is 11.5 Å². The SMILES string of the molecule is O=S(=O)(c1c(Cl)cccc1Cl)N1CCN(Cc2ccc3c(c2)OCO3)CC1. The summed E-state index contributed by atoms with van der Waals surface area (Å²) in [6, 6.07) is 10.6. The van der Waals surface area contributed by atoms with E-state index in [0.29, 0.717) is 26.2 Å². The molecule has 0 N–H and O–H groups in total. The number of hydrogen-bond donors (Lipinski definition) is 0. The van der Waals surface area contributed by atoms with E-state index in [0.717, 1.165) is 23.6 Å². The Morgan fingerprint density at radius 2 is 1.59 bits per heavy atom. The maximum atomic E-state index is 12.9. The van der Waals surface area contributed by atoms with Gasteiger partial charge in [0.2, 0.25) is 16.8 Å². The topological polar surface area (TPSA) is 59.1 Å². The highest BCUT2D eigenvalue weighted by molar-refractivity contribution is 7.89. The van der Waals surface area contributed by atoms with Gasteiger partial charge in [0, 0.05) is 32.7 Å². The second-order valence-electron chi connectivity index (χ2n) is 6.42. The number of fused-ring (bicyclic) bond motifs is 1. The number of hydrogen-bond acceptors (Lipinski definition) is 5. The minimum absolute atomic E-state index is 0.0162. The highest BCUT2D eigenvalue weighted by Gasteiger charge is 2.31. The van der Waals surface area contributed by atoms with E-state index in [2.05, 4.69) is 4.90 Å². The van der Waals surface area contributed by atoms with Gasteiger partial charge in [-0.1, -0.05) is 35.3 Å². The maximum Gasteiger partial charge on any atom is 0.246 e. The number of ether oxygens (including phenoxy) is 2. The lowest BCUT2D eigenvalue weighted by atomic mass is 10.2. The van der Waals surface area contributed by atoms with Crippen molar-refractivity contribution >= 4 is 33.2 Å². The molecule has 2 heterocycles. The molecule has 2 aliphatic heterocycles. The van der Waals surface area contributed by atoms with Crippen molar-refractivity contribution in [3.63, 3.8) is 0 Å². The molecule has 1 fully saturated rings. The molecule has 27 heavy (non-hydrogen) atoms. The summed E-state index contributed by atoms with van der Waals surface area (Å²) in [5, 5.41) is 0.288. The fourth-order valence-electron chi connectivity index (χ4n) is 3.28. The zero-order valence-electron chi connectivity index (χ0n) is 14.4. The normalized spacial score (nSPS) is 18.0. The van der Waals surface area contributed by atoms with Crippen LogP contribution >= 0.6 is 23.2 Å². The third-order valence-corrected chi connectivity index (χ3v) is 7.55. The van der Waals surface area contributed by atoms with E-state index in [9.17, 15) is 8.42 Å². The van der Waals surface area contributed by atoms with Gasteiger partial charge in [-0.2, -0.15) is 4.31 Å². The van der Waals surface area contributed by atoms with Gasteiger partial charge in [-0.3, -0.25) is 4.90 Å². The number of benzene rings is 2. The van der Waals surface area contributed by atoms with Gasteiger partial charge in [0.05, 0.1) is 10.0 Å². The molecule has 0 radical (unpaired) electrons. The van der Waals surface area contributed by atoms with E-state index >= 15 is 0 Å². The molecule has 2 aromatic rings. The lowest BCUT2D eigenvalue weighted by Gasteiger charge is -2.34. The Kier molecular flexibility index (Phi) is 5.22. The van der Waals surface area contributed by atoms with Gasteiger partial charge in [0.15, 0.2) is 11.5 Å². The molecule has 2 aliphatic rings. The zero-order valence-corrected chi connectivity index (χ0v) is 16.7. The summed E-state index contributed by atoms with van der Waals surface area (Å²) in [6.07, 6.45) is 0. The van der Waals surface area contributed by atoms with Crippen LogP contribution in [-0.2, 0) is 16.6 Å². The summed E-state index contributed by atoms with van der Waals surface area (Å²) in [6.45, 7) is 2.98. The number of sulfonamides is 1. The van der Waals surface area contributed by atoms with Gasteiger partial charge >= 0.3 is 0 Å². The summed E-state index contributed by atoms with van der Waals surface area (Å²) >= 11 is 12.2. The molecule has 0 atom stereocenters. The third kappa shape index (κ3) is 3.75. The van der Waals surface area contributed by atoms with Crippen LogP contribution in [0.2, 0.25) is 10.0 Å². The van der Waals surface area contributed by atoms with Gasteiger partial charge in [0.25, 0.3) is 0 Å². The molecular formula is C18H18Cl2N2O4S. The van der Waals surface area contributed by atoms with Crippen molar-refractivity contribution in [1.82, 2.24) is 9.21 Å². The highest BCUT2D eigenvalue weighted by Crippen LogP contribution is 2.34. The molecule has 0 spiro atoms. The molecule has 0 saturated carbocycles. The molecule has 0 unspecified atom stereocenters. The van der Waals surface area contributed by atoms with Crippen LogP contribution in [0.3, 0.4) is 0 Å². The van der Waals surface area contributed by atoms with Crippen LogP contribution in [0.25, 0.3) is 0 Å². The van der Waals surface area contributed by atoms with Crippen molar-refractivity contribution in [3.05, 3.63) is 52.0 Å². The van der Waals surface area contributed by atoms with Crippen molar-refractivity contribution in [2.45, 2.75) is 11.4 Å². The first kappa shape index (κ1) is 18.8. The lowest BCUT2D eigenvalue weighted by molar-refractivity contribution is 0.173. The standard InChI is InChI=1S/C18H18Cl2N2O4S/c19-14-2-1-3-15(20)18(14)27(23,24)22-8-6-21(7-9-22)11-13-4-5-16-17(10-13)26-12-25-16/h1-5,10H,6-9,11-12H2. The van der Waals surface area contributed by atoms with E-state index in [1.165, 1.54) is 16.4 Å². The molecule has 1 saturated heterocycles. The minimum Gasteiger partial charge on any atom is -0.454 e. The second-order valence-corrected chi connectivity index (χ2v) is 9.11. The Labute approximate surface area is 168 Å². The quantitative estimate of drug-likeness (QED) is 0.747. The van der Waals surface area contributed by atoms with Gasteiger partial charge in [-0.25, -0.2) is 8.42 Å². The van der Waals surface area contributed by atoms with Gasteiger partial charge in [0.1, 0.15) is 4.90 Å². The van der Waals surface area contributed by atoms with Gasteiger partial charge in [-0.15, -0.1) is 0 Å². The summed E-state index contributed by atoms with van der Waals surface area (Å²) in [7, 11) is -3.72. The fourth-order valence-corrected chi connectivity index (χ4v) is 5.80. The van der Waals surface area contributed by atoms with Crippen LogP contribution in [0, 0.1) is 0 Å². The van der Waals surface area contributed by atoms with Gasteiger partial charge < -0.3 is 9.47 Å². The molecule has 2 aromatic carbocycles. The average Bonchev–Trinajstić information content (AvgIpc) is 3.09. The predicted octanol–water partition coefficient (Wildman–Crippen LogP) is 3.23. The van der Waals surface area contributed by atoms with Crippen LogP contribution in [0.1, 0.15) is 5.56 Å². The molecule has 0 bridgehead atoms. The van der Waals surface area contributed by atoms with Crippen molar-refractivity contribution in [2.75, 3.05) is 33.0 Å². The molecule has 144 valence electrons. The first-order valence-corrected chi connectivity index (χ1v) is 10.7.